The summed E-state index contributed by atoms with van der Waals surface area (Å²) in [5, 5.41) is 7.01. The zero-order chi connectivity index (χ0) is 16.4. The lowest BCUT2D eigenvalue weighted by Gasteiger charge is -2.17. The molecule has 8 heteroatoms. The lowest BCUT2D eigenvalue weighted by atomic mass is 9.96. The van der Waals surface area contributed by atoms with Crippen LogP contribution in [0.5, 0.6) is 0 Å². The van der Waals surface area contributed by atoms with E-state index in [-0.39, 0.29) is 17.9 Å². The Morgan fingerprint density at radius 1 is 1.35 bits per heavy atom. The van der Waals surface area contributed by atoms with Crippen molar-refractivity contribution >= 4 is 17.5 Å². The first-order valence-electron chi connectivity index (χ1n) is 7.45. The molecule has 0 unspecified atom stereocenters. The van der Waals surface area contributed by atoms with Gasteiger partial charge in [0, 0.05) is 39.5 Å². The fourth-order valence-electron chi connectivity index (χ4n) is 2.63. The van der Waals surface area contributed by atoms with E-state index < -0.39 is 0 Å². The van der Waals surface area contributed by atoms with Crippen molar-refractivity contribution in [3.63, 3.8) is 0 Å². The number of anilines is 2. The topological polar surface area (TPSA) is 85.2 Å². The van der Waals surface area contributed by atoms with E-state index in [0.717, 1.165) is 5.56 Å². The second-order valence-electron chi connectivity index (χ2n) is 5.79. The number of hydrogen-bond acceptors (Lipinski definition) is 6. The van der Waals surface area contributed by atoms with Crippen molar-refractivity contribution in [2.45, 2.75) is 12.5 Å². The van der Waals surface area contributed by atoms with Crippen LogP contribution < -0.4 is 10.2 Å². The van der Waals surface area contributed by atoms with Gasteiger partial charge in [-0.3, -0.25) is 9.48 Å². The first-order chi connectivity index (χ1) is 11.0. The molecule has 3 rings (SSSR count). The summed E-state index contributed by atoms with van der Waals surface area (Å²) in [6.45, 7) is 0.563. The van der Waals surface area contributed by atoms with E-state index in [2.05, 4.69) is 20.4 Å². The van der Waals surface area contributed by atoms with E-state index in [0.29, 0.717) is 24.7 Å². The van der Waals surface area contributed by atoms with E-state index in [1.165, 1.54) is 0 Å². The molecular formula is C15H20N6O2. The molecule has 1 aliphatic heterocycles. The highest BCUT2D eigenvalue weighted by molar-refractivity contribution is 5.93. The maximum absolute atomic E-state index is 12.5. The van der Waals surface area contributed by atoms with Gasteiger partial charge in [-0.1, -0.05) is 0 Å². The summed E-state index contributed by atoms with van der Waals surface area (Å²) >= 11 is 0. The summed E-state index contributed by atoms with van der Waals surface area (Å²) in [7, 11) is 5.57. The van der Waals surface area contributed by atoms with Crippen molar-refractivity contribution in [3.05, 3.63) is 30.4 Å². The van der Waals surface area contributed by atoms with Gasteiger partial charge in [0.1, 0.15) is 0 Å². The number of carbonyl (C=O) groups is 1. The predicted octanol–water partition coefficient (Wildman–Crippen LogP) is 0.992. The Bertz CT molecular complexity index is 682. The Balaban J connectivity index is 1.69. The third kappa shape index (κ3) is 3.31. The Morgan fingerprint density at radius 2 is 2.09 bits per heavy atom. The molecule has 23 heavy (non-hydrogen) atoms. The molecule has 2 aromatic heterocycles. The molecule has 8 nitrogen and oxygen atoms in total. The van der Waals surface area contributed by atoms with Crippen LogP contribution in [0.25, 0.3) is 0 Å². The van der Waals surface area contributed by atoms with E-state index in [1.807, 2.05) is 27.3 Å². The van der Waals surface area contributed by atoms with Crippen LogP contribution in [0.3, 0.4) is 0 Å². The van der Waals surface area contributed by atoms with E-state index >= 15 is 0 Å². The van der Waals surface area contributed by atoms with Crippen LogP contribution in [0.1, 0.15) is 18.1 Å². The van der Waals surface area contributed by atoms with E-state index in [4.69, 9.17) is 4.74 Å². The molecule has 2 atom stereocenters. The van der Waals surface area contributed by atoms with Gasteiger partial charge in [0.05, 0.1) is 36.3 Å². The number of carbonyl (C=O) groups excluding carboxylic acids is 1. The molecule has 0 bridgehead atoms. The van der Waals surface area contributed by atoms with Gasteiger partial charge in [-0.05, 0) is 6.42 Å². The van der Waals surface area contributed by atoms with Gasteiger partial charge in [-0.25, -0.2) is 9.97 Å². The number of hydrogen-bond donors (Lipinski definition) is 1. The van der Waals surface area contributed by atoms with E-state index in [1.54, 1.807) is 28.2 Å². The molecule has 1 aliphatic rings. The third-order valence-corrected chi connectivity index (χ3v) is 3.79. The summed E-state index contributed by atoms with van der Waals surface area (Å²) in [6.07, 6.45) is 7.26. The van der Waals surface area contributed by atoms with Crippen LogP contribution >= 0.6 is 0 Å². The highest BCUT2D eigenvalue weighted by atomic mass is 16.5. The molecule has 122 valence electrons. The second-order valence-corrected chi connectivity index (χ2v) is 5.79. The zero-order valence-electron chi connectivity index (χ0n) is 13.4. The molecule has 3 heterocycles. The Labute approximate surface area is 134 Å². The summed E-state index contributed by atoms with van der Waals surface area (Å²) in [6, 6.07) is 0. The Kier molecular flexibility index (Phi) is 4.24. The number of aromatic nitrogens is 4. The fraction of sp³-hybridized carbons (Fsp3) is 0.467. The number of ether oxygens (including phenoxy) is 1. The molecule has 0 spiro atoms. The normalized spacial score (nSPS) is 20.5. The van der Waals surface area contributed by atoms with Crippen molar-refractivity contribution in [3.8, 4) is 0 Å². The van der Waals surface area contributed by atoms with Crippen molar-refractivity contribution in [2.24, 2.45) is 13.0 Å². The van der Waals surface area contributed by atoms with Gasteiger partial charge < -0.3 is 15.0 Å². The van der Waals surface area contributed by atoms with Gasteiger partial charge >= 0.3 is 0 Å². The van der Waals surface area contributed by atoms with Crippen LogP contribution in [0, 0.1) is 5.92 Å². The van der Waals surface area contributed by atoms with Crippen molar-refractivity contribution < 1.29 is 9.53 Å². The number of amides is 1. The largest absolute Gasteiger partial charge is 0.373 e. The van der Waals surface area contributed by atoms with Crippen LogP contribution in [-0.2, 0) is 16.6 Å². The van der Waals surface area contributed by atoms with Crippen LogP contribution in [0.4, 0.5) is 11.6 Å². The first-order valence-corrected chi connectivity index (χ1v) is 7.45. The number of aryl methyl sites for hydroxylation is 1. The highest BCUT2D eigenvalue weighted by Gasteiger charge is 2.36. The Morgan fingerprint density at radius 3 is 2.70 bits per heavy atom. The Hall–Kier alpha value is -2.48. The standard InChI is InChI=1S/C15H20N6O2/c1-20(2)15-16-7-11(8-17-15)19-14(22)12-4-5-23-13(12)10-6-18-21(3)9-10/h6-9,12-13H,4-5H2,1-3H3,(H,19,22)/t12-,13+/m0/s1. The van der Waals surface area contributed by atoms with Crippen molar-refractivity contribution in [2.75, 3.05) is 30.9 Å². The third-order valence-electron chi connectivity index (χ3n) is 3.79. The van der Waals surface area contributed by atoms with Crippen LogP contribution in [0.15, 0.2) is 24.8 Å². The summed E-state index contributed by atoms with van der Waals surface area (Å²) in [5.74, 6) is 0.269. The SMILES string of the molecule is CN(C)c1ncc(NC(=O)[C@H]2CCO[C@@H]2c2cnn(C)c2)cn1. The lowest BCUT2D eigenvalue weighted by molar-refractivity contribution is -0.121. The minimum absolute atomic E-state index is 0.0856. The maximum Gasteiger partial charge on any atom is 0.230 e. The van der Waals surface area contributed by atoms with Gasteiger partial charge in [0.25, 0.3) is 0 Å². The molecule has 1 fully saturated rings. The van der Waals surface area contributed by atoms with Gasteiger partial charge in [0.15, 0.2) is 0 Å². The number of nitrogens with one attached hydrogen (secondary N) is 1. The molecule has 1 saturated heterocycles. The minimum atomic E-state index is -0.259. The molecule has 0 radical (unpaired) electrons. The zero-order valence-corrected chi connectivity index (χ0v) is 13.4. The van der Waals surface area contributed by atoms with Gasteiger partial charge in [-0.15, -0.1) is 0 Å². The van der Waals surface area contributed by atoms with Gasteiger partial charge in [-0.2, -0.15) is 5.10 Å². The maximum atomic E-state index is 12.5. The highest BCUT2D eigenvalue weighted by Crippen LogP contribution is 2.35. The summed E-state index contributed by atoms with van der Waals surface area (Å²) in [4.78, 5) is 22.7. The average Bonchev–Trinajstić information content (AvgIpc) is 3.16. The van der Waals surface area contributed by atoms with Crippen LogP contribution in [0.2, 0.25) is 0 Å². The molecule has 1 amide bonds. The van der Waals surface area contributed by atoms with Crippen molar-refractivity contribution in [1.29, 1.82) is 0 Å². The molecule has 0 aliphatic carbocycles. The molecule has 0 aromatic carbocycles. The molecular weight excluding hydrogens is 296 g/mol. The quantitative estimate of drug-likeness (QED) is 0.905. The lowest BCUT2D eigenvalue weighted by Crippen LogP contribution is -2.25. The molecule has 2 aromatic rings. The van der Waals surface area contributed by atoms with Crippen molar-refractivity contribution in [1.82, 2.24) is 19.7 Å². The number of nitrogens with zero attached hydrogens (tertiary/aromatic N) is 5. The molecule has 1 N–H and O–H groups in total. The first kappa shape index (κ1) is 15.4. The summed E-state index contributed by atoms with van der Waals surface area (Å²) < 4.78 is 7.43. The number of rotatable bonds is 4. The minimum Gasteiger partial charge on any atom is -0.373 e. The monoisotopic (exact) mass is 316 g/mol. The van der Waals surface area contributed by atoms with Gasteiger partial charge in [0.2, 0.25) is 11.9 Å². The fourth-order valence-corrected chi connectivity index (χ4v) is 2.63. The predicted molar refractivity (Wildman–Crippen MR) is 85.0 cm³/mol. The molecule has 0 saturated carbocycles. The summed E-state index contributed by atoms with van der Waals surface area (Å²) in [5.41, 5.74) is 1.50. The van der Waals surface area contributed by atoms with Crippen LogP contribution in [-0.4, -0.2) is 46.4 Å². The average molecular weight is 316 g/mol. The van der Waals surface area contributed by atoms with E-state index in [9.17, 15) is 4.79 Å². The second kappa shape index (κ2) is 6.33. The smallest absolute Gasteiger partial charge is 0.230 e.